The Bertz CT molecular complexity index is 902. The fourth-order valence-corrected chi connectivity index (χ4v) is 3.30. The van der Waals surface area contributed by atoms with Crippen LogP contribution >= 0.6 is 0 Å². The largest absolute Gasteiger partial charge is 0.353 e. The Morgan fingerprint density at radius 3 is 2.52 bits per heavy atom. The number of fused-ring (bicyclic) bond motifs is 1. The predicted octanol–water partition coefficient (Wildman–Crippen LogP) is 2.90. The number of hydrogen-bond acceptors (Lipinski definition) is 4. The summed E-state index contributed by atoms with van der Waals surface area (Å²) in [4.78, 5) is 25.7. The maximum atomic E-state index is 12.5. The summed E-state index contributed by atoms with van der Waals surface area (Å²) in [7, 11) is 0. The Hall–Kier alpha value is -2.95. The first kappa shape index (κ1) is 15.6. The Kier molecular flexibility index (Phi) is 4.06. The third-order valence-corrected chi connectivity index (χ3v) is 4.64. The SMILES string of the molecule is Cc1cc2ccccc2nc1N1CCN(C(=O)c2ccccn2)CC1. The molecule has 0 unspecified atom stereocenters. The number of para-hydroxylation sites is 1. The topological polar surface area (TPSA) is 49.3 Å². The lowest BCUT2D eigenvalue weighted by molar-refractivity contribution is 0.0740. The van der Waals surface area contributed by atoms with Gasteiger partial charge in [-0.05, 0) is 36.8 Å². The number of piperazine rings is 1. The number of nitrogens with zero attached hydrogens (tertiary/aromatic N) is 4. The lowest BCUT2D eigenvalue weighted by Gasteiger charge is -2.36. The summed E-state index contributed by atoms with van der Waals surface area (Å²) in [6.45, 7) is 5.03. The molecule has 1 aromatic carbocycles. The molecule has 1 saturated heterocycles. The zero-order valence-corrected chi connectivity index (χ0v) is 14.2. The average Bonchev–Trinajstić information content (AvgIpc) is 2.68. The summed E-state index contributed by atoms with van der Waals surface area (Å²) in [5.74, 6) is 1.02. The molecule has 4 rings (SSSR count). The summed E-state index contributed by atoms with van der Waals surface area (Å²) in [5.41, 5.74) is 2.69. The van der Waals surface area contributed by atoms with Crippen LogP contribution in [0.15, 0.2) is 54.7 Å². The van der Waals surface area contributed by atoms with Crippen LogP contribution in [0.2, 0.25) is 0 Å². The van der Waals surface area contributed by atoms with E-state index in [4.69, 9.17) is 4.98 Å². The lowest BCUT2D eigenvalue weighted by Crippen LogP contribution is -2.49. The van der Waals surface area contributed by atoms with Crippen molar-refractivity contribution in [3.63, 3.8) is 0 Å². The van der Waals surface area contributed by atoms with E-state index in [-0.39, 0.29) is 5.91 Å². The summed E-state index contributed by atoms with van der Waals surface area (Å²) in [6, 6.07) is 15.8. The van der Waals surface area contributed by atoms with Gasteiger partial charge in [0.25, 0.3) is 5.91 Å². The van der Waals surface area contributed by atoms with Crippen molar-refractivity contribution in [3.8, 4) is 0 Å². The maximum Gasteiger partial charge on any atom is 0.272 e. The first-order valence-electron chi connectivity index (χ1n) is 8.54. The van der Waals surface area contributed by atoms with Crippen LogP contribution < -0.4 is 4.90 Å². The zero-order valence-electron chi connectivity index (χ0n) is 14.2. The van der Waals surface area contributed by atoms with Gasteiger partial charge in [0.15, 0.2) is 0 Å². The second-order valence-corrected chi connectivity index (χ2v) is 6.32. The first-order chi connectivity index (χ1) is 12.2. The van der Waals surface area contributed by atoms with Crippen LogP contribution in [0, 0.1) is 6.92 Å². The fourth-order valence-electron chi connectivity index (χ4n) is 3.30. The van der Waals surface area contributed by atoms with E-state index >= 15 is 0 Å². The molecule has 3 aromatic rings. The molecule has 1 amide bonds. The number of amides is 1. The molecule has 0 atom stereocenters. The van der Waals surface area contributed by atoms with E-state index in [0.29, 0.717) is 18.8 Å². The predicted molar refractivity (Wildman–Crippen MR) is 98.8 cm³/mol. The molecule has 0 aliphatic carbocycles. The molecule has 5 nitrogen and oxygen atoms in total. The minimum atomic E-state index is 0.00319. The Balaban J connectivity index is 1.50. The van der Waals surface area contributed by atoms with Crippen LogP contribution in [-0.4, -0.2) is 47.0 Å². The van der Waals surface area contributed by atoms with Crippen LogP contribution in [-0.2, 0) is 0 Å². The highest BCUT2D eigenvalue weighted by Crippen LogP contribution is 2.24. The van der Waals surface area contributed by atoms with E-state index in [2.05, 4.69) is 28.9 Å². The number of rotatable bonds is 2. The van der Waals surface area contributed by atoms with Gasteiger partial charge in [0, 0.05) is 37.8 Å². The molecule has 0 bridgehead atoms. The fraction of sp³-hybridized carbons (Fsp3) is 0.250. The van der Waals surface area contributed by atoms with Crippen molar-refractivity contribution >= 4 is 22.6 Å². The standard InChI is InChI=1S/C20H20N4O/c1-15-14-16-6-2-3-7-17(16)22-19(15)23-10-12-24(13-11-23)20(25)18-8-4-5-9-21-18/h2-9,14H,10-13H2,1H3. The highest BCUT2D eigenvalue weighted by atomic mass is 16.2. The van der Waals surface area contributed by atoms with Gasteiger partial charge in [-0.2, -0.15) is 0 Å². The minimum absolute atomic E-state index is 0.00319. The Labute approximate surface area is 146 Å². The van der Waals surface area contributed by atoms with E-state index in [9.17, 15) is 4.79 Å². The zero-order chi connectivity index (χ0) is 17.2. The van der Waals surface area contributed by atoms with Gasteiger partial charge < -0.3 is 9.80 Å². The van der Waals surface area contributed by atoms with E-state index in [1.807, 2.05) is 35.2 Å². The number of pyridine rings is 2. The summed E-state index contributed by atoms with van der Waals surface area (Å²) in [6.07, 6.45) is 1.66. The summed E-state index contributed by atoms with van der Waals surface area (Å²) < 4.78 is 0. The molecule has 0 saturated carbocycles. The van der Waals surface area contributed by atoms with E-state index in [0.717, 1.165) is 29.8 Å². The lowest BCUT2D eigenvalue weighted by atomic mass is 10.1. The molecule has 0 N–H and O–H groups in total. The molecule has 2 aromatic heterocycles. The number of benzene rings is 1. The quantitative estimate of drug-likeness (QED) is 0.724. The second-order valence-electron chi connectivity index (χ2n) is 6.32. The van der Waals surface area contributed by atoms with Gasteiger partial charge in [-0.1, -0.05) is 24.3 Å². The van der Waals surface area contributed by atoms with Crippen LogP contribution in [0.5, 0.6) is 0 Å². The van der Waals surface area contributed by atoms with Crippen molar-refractivity contribution in [2.45, 2.75) is 6.92 Å². The Morgan fingerprint density at radius 1 is 1.00 bits per heavy atom. The molecule has 1 aliphatic heterocycles. The van der Waals surface area contributed by atoms with Crippen molar-refractivity contribution < 1.29 is 4.79 Å². The van der Waals surface area contributed by atoms with E-state index < -0.39 is 0 Å². The number of aryl methyl sites for hydroxylation is 1. The van der Waals surface area contributed by atoms with Crippen LogP contribution in [0.4, 0.5) is 5.82 Å². The van der Waals surface area contributed by atoms with Gasteiger partial charge in [-0.25, -0.2) is 4.98 Å². The Morgan fingerprint density at radius 2 is 1.76 bits per heavy atom. The van der Waals surface area contributed by atoms with Crippen LogP contribution in [0.1, 0.15) is 16.1 Å². The molecule has 3 heterocycles. The number of hydrogen-bond donors (Lipinski definition) is 0. The number of aromatic nitrogens is 2. The highest BCUT2D eigenvalue weighted by molar-refractivity contribution is 5.92. The molecule has 126 valence electrons. The third-order valence-electron chi connectivity index (χ3n) is 4.64. The summed E-state index contributed by atoms with van der Waals surface area (Å²) >= 11 is 0. The highest BCUT2D eigenvalue weighted by Gasteiger charge is 2.24. The monoisotopic (exact) mass is 332 g/mol. The molecule has 5 heteroatoms. The smallest absolute Gasteiger partial charge is 0.272 e. The molecule has 0 spiro atoms. The molecular weight excluding hydrogens is 312 g/mol. The van der Waals surface area contributed by atoms with Crippen molar-refractivity contribution in [2.24, 2.45) is 0 Å². The van der Waals surface area contributed by atoms with Gasteiger partial charge in [-0.3, -0.25) is 9.78 Å². The number of carbonyl (C=O) groups is 1. The third kappa shape index (κ3) is 3.05. The van der Waals surface area contributed by atoms with E-state index in [1.54, 1.807) is 12.3 Å². The number of anilines is 1. The van der Waals surface area contributed by atoms with Gasteiger partial charge in [0.1, 0.15) is 11.5 Å². The van der Waals surface area contributed by atoms with Crippen LogP contribution in [0.25, 0.3) is 10.9 Å². The van der Waals surface area contributed by atoms with Crippen molar-refractivity contribution in [1.82, 2.24) is 14.9 Å². The van der Waals surface area contributed by atoms with Gasteiger partial charge in [0.05, 0.1) is 5.52 Å². The first-order valence-corrected chi connectivity index (χ1v) is 8.54. The average molecular weight is 332 g/mol. The number of carbonyl (C=O) groups excluding carboxylic acids is 1. The normalized spacial score (nSPS) is 14.8. The molecule has 1 aliphatic rings. The maximum absolute atomic E-state index is 12.5. The molecule has 25 heavy (non-hydrogen) atoms. The van der Waals surface area contributed by atoms with Gasteiger partial charge in [0.2, 0.25) is 0 Å². The van der Waals surface area contributed by atoms with Crippen molar-refractivity contribution in [3.05, 3.63) is 66.0 Å². The summed E-state index contributed by atoms with van der Waals surface area (Å²) in [5, 5.41) is 1.16. The molecule has 1 fully saturated rings. The van der Waals surface area contributed by atoms with Crippen molar-refractivity contribution in [2.75, 3.05) is 31.1 Å². The minimum Gasteiger partial charge on any atom is -0.353 e. The second kappa shape index (κ2) is 6.51. The van der Waals surface area contributed by atoms with Crippen molar-refractivity contribution in [1.29, 1.82) is 0 Å². The molecular formula is C20H20N4O. The van der Waals surface area contributed by atoms with Gasteiger partial charge >= 0.3 is 0 Å². The van der Waals surface area contributed by atoms with E-state index in [1.165, 1.54) is 5.56 Å². The van der Waals surface area contributed by atoms with Gasteiger partial charge in [-0.15, -0.1) is 0 Å². The van der Waals surface area contributed by atoms with Crippen LogP contribution in [0.3, 0.4) is 0 Å². The molecule has 0 radical (unpaired) electrons.